The summed E-state index contributed by atoms with van der Waals surface area (Å²) in [5.41, 5.74) is 6.61. The van der Waals surface area contributed by atoms with Crippen LogP contribution in [0, 0.1) is 5.41 Å². The van der Waals surface area contributed by atoms with E-state index in [0.29, 0.717) is 51.4 Å². The van der Waals surface area contributed by atoms with Crippen molar-refractivity contribution in [3.63, 3.8) is 0 Å². The molecule has 162 valence electrons. The highest BCUT2D eigenvalue weighted by Crippen LogP contribution is 2.50. The molecule has 3 rings (SSSR count). The summed E-state index contributed by atoms with van der Waals surface area (Å²) >= 11 is 0. The fourth-order valence-corrected chi connectivity index (χ4v) is 3.87. The fourth-order valence-electron chi connectivity index (χ4n) is 3.87. The molecule has 2 aliphatic rings. The number of nitrogens with one attached hydrogen (secondary N) is 1. The zero-order valence-electron chi connectivity index (χ0n) is 17.4. The molecule has 1 aromatic carbocycles. The van der Waals surface area contributed by atoms with Crippen LogP contribution in [-0.2, 0) is 25.5 Å². The molecule has 2 fully saturated rings. The highest BCUT2D eigenvalue weighted by molar-refractivity contribution is 5.99. The number of amides is 2. The first-order valence-electron chi connectivity index (χ1n) is 9.94. The van der Waals surface area contributed by atoms with Crippen LogP contribution in [0.25, 0.3) is 0 Å². The second-order valence-electron chi connectivity index (χ2n) is 8.16. The van der Waals surface area contributed by atoms with Crippen molar-refractivity contribution in [2.45, 2.75) is 45.3 Å². The van der Waals surface area contributed by atoms with Gasteiger partial charge in [0.25, 0.3) is 0 Å². The average molecular weight is 426 g/mol. The van der Waals surface area contributed by atoms with E-state index < -0.39 is 11.0 Å². The number of carbonyl (C=O) groups is 2. The zero-order chi connectivity index (χ0) is 20.4. The maximum absolute atomic E-state index is 12.8. The Bertz CT molecular complexity index is 719. The van der Waals surface area contributed by atoms with Crippen molar-refractivity contribution in [2.24, 2.45) is 11.1 Å². The number of ether oxygens (including phenoxy) is 2. The molecule has 0 bridgehead atoms. The number of halogens is 1. The molecule has 1 aromatic rings. The predicted molar refractivity (Wildman–Crippen MR) is 114 cm³/mol. The summed E-state index contributed by atoms with van der Waals surface area (Å²) in [5.74, 6) is -0.107. The first-order chi connectivity index (χ1) is 13.3. The molecule has 2 amide bonds. The summed E-state index contributed by atoms with van der Waals surface area (Å²) in [6.07, 6.45) is 0.839. The second kappa shape index (κ2) is 9.43. The van der Waals surface area contributed by atoms with Gasteiger partial charge in [0, 0.05) is 37.2 Å². The minimum absolute atomic E-state index is 0. The summed E-state index contributed by atoms with van der Waals surface area (Å²) in [4.78, 5) is 26.9. The van der Waals surface area contributed by atoms with Gasteiger partial charge in [0.2, 0.25) is 11.8 Å². The van der Waals surface area contributed by atoms with E-state index in [-0.39, 0.29) is 30.3 Å². The Morgan fingerprint density at radius 2 is 1.86 bits per heavy atom. The maximum Gasteiger partial charge on any atom is 0.245 e. The molecular weight excluding hydrogens is 394 g/mol. The van der Waals surface area contributed by atoms with Gasteiger partial charge in [0.1, 0.15) is 5.54 Å². The zero-order valence-corrected chi connectivity index (χ0v) is 18.2. The number of anilines is 1. The Morgan fingerprint density at radius 1 is 1.24 bits per heavy atom. The van der Waals surface area contributed by atoms with Crippen LogP contribution in [0.3, 0.4) is 0 Å². The third-order valence-corrected chi connectivity index (χ3v) is 6.17. The van der Waals surface area contributed by atoms with Crippen molar-refractivity contribution in [1.82, 2.24) is 4.90 Å². The normalized spacial score (nSPS) is 25.5. The molecule has 1 saturated carbocycles. The molecule has 1 aliphatic carbocycles. The SMILES string of the molecule is CCOC1CC(N)(C(=O)Nc2ccc(CC(=O)N3CCOCC3)cc2)C1(C)C.Cl. The average Bonchev–Trinajstić information content (AvgIpc) is 2.69. The highest BCUT2D eigenvalue weighted by atomic mass is 35.5. The summed E-state index contributed by atoms with van der Waals surface area (Å²) in [5, 5.41) is 2.92. The number of nitrogens with zero attached hydrogens (tertiary/aromatic N) is 1. The highest BCUT2D eigenvalue weighted by Gasteiger charge is 2.62. The molecule has 7 nitrogen and oxygen atoms in total. The third kappa shape index (κ3) is 4.74. The van der Waals surface area contributed by atoms with E-state index in [4.69, 9.17) is 15.2 Å². The van der Waals surface area contributed by atoms with Gasteiger partial charge < -0.3 is 25.4 Å². The molecular formula is C21H32ClN3O4. The molecule has 29 heavy (non-hydrogen) atoms. The molecule has 0 aromatic heterocycles. The number of hydrogen-bond acceptors (Lipinski definition) is 5. The van der Waals surface area contributed by atoms with Crippen LogP contribution in [0.4, 0.5) is 5.69 Å². The second-order valence-corrected chi connectivity index (χ2v) is 8.16. The molecule has 2 unspecified atom stereocenters. The Hall–Kier alpha value is -1.67. The van der Waals surface area contributed by atoms with Gasteiger partial charge in [0.15, 0.2) is 0 Å². The van der Waals surface area contributed by atoms with Gasteiger partial charge >= 0.3 is 0 Å². The maximum atomic E-state index is 12.8. The van der Waals surface area contributed by atoms with Crippen molar-refractivity contribution in [3.05, 3.63) is 29.8 Å². The largest absolute Gasteiger partial charge is 0.378 e. The molecule has 8 heteroatoms. The number of morpholine rings is 1. The van der Waals surface area contributed by atoms with Crippen LogP contribution in [-0.4, -0.2) is 61.3 Å². The minimum atomic E-state index is -0.961. The van der Waals surface area contributed by atoms with Crippen LogP contribution < -0.4 is 11.1 Å². The van der Waals surface area contributed by atoms with Crippen LogP contribution in [0.15, 0.2) is 24.3 Å². The van der Waals surface area contributed by atoms with Gasteiger partial charge in [-0.2, -0.15) is 0 Å². The Morgan fingerprint density at radius 3 is 2.41 bits per heavy atom. The van der Waals surface area contributed by atoms with Gasteiger partial charge in [0.05, 0.1) is 25.7 Å². The first-order valence-corrected chi connectivity index (χ1v) is 9.94. The summed E-state index contributed by atoms with van der Waals surface area (Å²) in [6.45, 7) is 8.96. The first kappa shape index (κ1) is 23.6. The van der Waals surface area contributed by atoms with Gasteiger partial charge in [-0.05, 0) is 24.6 Å². The molecule has 1 saturated heterocycles. The van der Waals surface area contributed by atoms with E-state index in [1.54, 1.807) is 0 Å². The number of hydrogen-bond donors (Lipinski definition) is 2. The Labute approximate surface area is 178 Å². The monoisotopic (exact) mass is 425 g/mol. The molecule has 0 spiro atoms. The van der Waals surface area contributed by atoms with E-state index in [1.165, 1.54) is 0 Å². The van der Waals surface area contributed by atoms with Crippen LogP contribution >= 0.6 is 12.4 Å². The smallest absolute Gasteiger partial charge is 0.245 e. The lowest BCUT2D eigenvalue weighted by Crippen LogP contribution is -2.74. The predicted octanol–water partition coefficient (Wildman–Crippen LogP) is 1.98. The number of rotatable bonds is 6. The molecule has 2 atom stereocenters. The number of benzene rings is 1. The van der Waals surface area contributed by atoms with E-state index in [9.17, 15) is 9.59 Å². The van der Waals surface area contributed by atoms with Crippen molar-refractivity contribution in [2.75, 3.05) is 38.2 Å². The van der Waals surface area contributed by atoms with E-state index >= 15 is 0 Å². The summed E-state index contributed by atoms with van der Waals surface area (Å²) < 4.78 is 11.0. The minimum Gasteiger partial charge on any atom is -0.378 e. The molecule has 0 radical (unpaired) electrons. The lowest BCUT2D eigenvalue weighted by molar-refractivity contribution is -0.166. The lowest BCUT2D eigenvalue weighted by Gasteiger charge is -2.57. The van der Waals surface area contributed by atoms with Crippen LogP contribution in [0.1, 0.15) is 32.8 Å². The standard InChI is InChI=1S/C21H31N3O4.ClH/c1-4-28-17-14-21(22,20(17,2)3)19(26)23-16-7-5-15(6-8-16)13-18(25)24-9-11-27-12-10-24;/h5-8,17H,4,9-14,22H2,1-3H3,(H,23,26);1H. The molecule has 1 aliphatic heterocycles. The topological polar surface area (TPSA) is 93.9 Å². The Kier molecular flexibility index (Phi) is 7.67. The van der Waals surface area contributed by atoms with Crippen molar-refractivity contribution in [1.29, 1.82) is 0 Å². The third-order valence-electron chi connectivity index (χ3n) is 6.17. The quantitative estimate of drug-likeness (QED) is 0.726. The van der Waals surface area contributed by atoms with Gasteiger partial charge in [-0.1, -0.05) is 26.0 Å². The van der Waals surface area contributed by atoms with Gasteiger partial charge in [-0.15, -0.1) is 12.4 Å². The van der Waals surface area contributed by atoms with Crippen molar-refractivity contribution >= 4 is 29.9 Å². The van der Waals surface area contributed by atoms with Crippen molar-refractivity contribution in [3.8, 4) is 0 Å². The van der Waals surface area contributed by atoms with E-state index in [1.807, 2.05) is 49.9 Å². The van der Waals surface area contributed by atoms with Crippen LogP contribution in [0.5, 0.6) is 0 Å². The summed E-state index contributed by atoms with van der Waals surface area (Å²) in [7, 11) is 0. The van der Waals surface area contributed by atoms with Crippen molar-refractivity contribution < 1.29 is 19.1 Å². The summed E-state index contributed by atoms with van der Waals surface area (Å²) in [6, 6.07) is 7.36. The number of carbonyl (C=O) groups excluding carboxylic acids is 2. The fraction of sp³-hybridized carbons (Fsp3) is 0.619. The van der Waals surface area contributed by atoms with E-state index in [0.717, 1.165) is 5.56 Å². The Balaban J connectivity index is 0.00000300. The molecule has 1 heterocycles. The lowest BCUT2D eigenvalue weighted by atomic mass is 9.54. The molecule has 3 N–H and O–H groups in total. The van der Waals surface area contributed by atoms with Gasteiger partial charge in [-0.25, -0.2) is 0 Å². The van der Waals surface area contributed by atoms with E-state index in [2.05, 4.69) is 5.32 Å². The van der Waals surface area contributed by atoms with Gasteiger partial charge in [-0.3, -0.25) is 9.59 Å². The number of nitrogens with two attached hydrogens (primary N) is 1. The van der Waals surface area contributed by atoms with Crippen LogP contribution in [0.2, 0.25) is 0 Å².